The molecule has 0 saturated heterocycles. The van der Waals surface area contributed by atoms with Gasteiger partial charge < -0.3 is 14.6 Å². The SMILES string of the molecule is CC(O)COCC=O.CCc1ccc(C(C)(C)c2ccccc2)cc1. The third-order valence-electron chi connectivity index (χ3n) is 4.12. The summed E-state index contributed by atoms with van der Waals surface area (Å²) in [5.74, 6) is 0. The van der Waals surface area contributed by atoms with Gasteiger partial charge in [0.15, 0.2) is 0 Å². The Morgan fingerprint density at radius 1 is 1.04 bits per heavy atom. The summed E-state index contributed by atoms with van der Waals surface area (Å²) in [5, 5.41) is 8.54. The van der Waals surface area contributed by atoms with Crippen molar-refractivity contribution in [3.8, 4) is 0 Å². The Balaban J connectivity index is 0.000000333. The molecular formula is C22H30O3. The molecule has 0 saturated carbocycles. The standard InChI is InChI=1S/C17H20.C5H10O3/c1-4-14-10-12-16(13-11-14)17(2,3)15-8-6-5-7-9-15;1-5(7)4-8-3-2-6/h5-13H,4H2,1-3H3;2,5,7H,3-4H2,1H3. The van der Waals surface area contributed by atoms with Crippen molar-refractivity contribution in [3.05, 3.63) is 71.3 Å². The molecule has 0 aromatic heterocycles. The van der Waals surface area contributed by atoms with E-state index < -0.39 is 6.10 Å². The molecule has 0 bridgehead atoms. The summed E-state index contributed by atoms with van der Waals surface area (Å²) in [7, 11) is 0. The summed E-state index contributed by atoms with van der Waals surface area (Å²) in [6.45, 7) is 8.67. The molecule has 0 fully saturated rings. The van der Waals surface area contributed by atoms with Crippen LogP contribution >= 0.6 is 0 Å². The molecule has 0 radical (unpaired) electrons. The molecule has 0 spiro atoms. The average molecular weight is 342 g/mol. The summed E-state index contributed by atoms with van der Waals surface area (Å²) in [6, 6.07) is 19.7. The molecule has 136 valence electrons. The molecule has 1 N–H and O–H groups in total. The molecule has 0 amide bonds. The summed E-state index contributed by atoms with van der Waals surface area (Å²) in [5.41, 5.74) is 4.22. The lowest BCUT2D eigenvalue weighted by Gasteiger charge is -2.26. The van der Waals surface area contributed by atoms with Gasteiger partial charge in [-0.25, -0.2) is 0 Å². The number of carbonyl (C=O) groups excluding carboxylic acids is 1. The summed E-state index contributed by atoms with van der Waals surface area (Å²) in [4.78, 5) is 9.58. The lowest BCUT2D eigenvalue weighted by Crippen LogP contribution is -2.18. The lowest BCUT2D eigenvalue weighted by atomic mass is 9.78. The Morgan fingerprint density at radius 2 is 1.60 bits per heavy atom. The Labute approximate surface area is 151 Å². The van der Waals surface area contributed by atoms with Gasteiger partial charge in [-0.1, -0.05) is 75.4 Å². The van der Waals surface area contributed by atoms with E-state index in [0.29, 0.717) is 6.29 Å². The Morgan fingerprint density at radius 3 is 2.08 bits per heavy atom. The first kappa shape index (κ1) is 21.1. The summed E-state index contributed by atoms with van der Waals surface area (Å²) < 4.78 is 4.63. The van der Waals surface area contributed by atoms with Crippen LogP contribution in [-0.4, -0.2) is 30.7 Å². The van der Waals surface area contributed by atoms with Gasteiger partial charge in [0.2, 0.25) is 0 Å². The van der Waals surface area contributed by atoms with Crippen LogP contribution in [0.3, 0.4) is 0 Å². The molecule has 0 aliphatic carbocycles. The third kappa shape index (κ3) is 7.20. The molecule has 2 aromatic carbocycles. The minimum Gasteiger partial charge on any atom is -0.391 e. The van der Waals surface area contributed by atoms with Gasteiger partial charge in [-0.05, 0) is 30.0 Å². The predicted molar refractivity (Wildman–Crippen MR) is 103 cm³/mol. The highest BCUT2D eigenvalue weighted by atomic mass is 16.5. The molecule has 0 heterocycles. The van der Waals surface area contributed by atoms with Crippen LogP contribution < -0.4 is 0 Å². The fraction of sp³-hybridized carbons (Fsp3) is 0.409. The minimum absolute atomic E-state index is 0.0743. The zero-order valence-electron chi connectivity index (χ0n) is 15.7. The smallest absolute Gasteiger partial charge is 0.145 e. The van der Waals surface area contributed by atoms with E-state index in [9.17, 15) is 4.79 Å². The van der Waals surface area contributed by atoms with Crippen molar-refractivity contribution in [2.24, 2.45) is 0 Å². The van der Waals surface area contributed by atoms with Gasteiger partial charge in [0, 0.05) is 5.41 Å². The van der Waals surface area contributed by atoms with Crippen molar-refractivity contribution in [1.82, 2.24) is 0 Å². The van der Waals surface area contributed by atoms with Crippen LogP contribution in [0.15, 0.2) is 54.6 Å². The quantitative estimate of drug-likeness (QED) is 0.607. The number of hydrogen-bond acceptors (Lipinski definition) is 3. The fourth-order valence-electron chi connectivity index (χ4n) is 2.47. The number of ether oxygens (including phenoxy) is 1. The van der Waals surface area contributed by atoms with E-state index in [-0.39, 0.29) is 18.6 Å². The number of aldehydes is 1. The number of benzene rings is 2. The molecule has 2 rings (SSSR count). The highest BCUT2D eigenvalue weighted by Crippen LogP contribution is 2.31. The average Bonchev–Trinajstić information content (AvgIpc) is 2.63. The van der Waals surface area contributed by atoms with Crippen LogP contribution in [0, 0.1) is 0 Å². The van der Waals surface area contributed by atoms with E-state index in [0.717, 1.165) is 6.42 Å². The Hall–Kier alpha value is -1.97. The van der Waals surface area contributed by atoms with Gasteiger partial charge in [0.25, 0.3) is 0 Å². The zero-order chi connectivity index (χ0) is 18.7. The second kappa shape index (κ2) is 10.8. The van der Waals surface area contributed by atoms with Crippen LogP contribution in [0.1, 0.15) is 44.4 Å². The maximum Gasteiger partial charge on any atom is 0.145 e. The molecule has 1 atom stereocenters. The van der Waals surface area contributed by atoms with E-state index in [1.165, 1.54) is 16.7 Å². The van der Waals surface area contributed by atoms with Crippen LogP contribution in [0.5, 0.6) is 0 Å². The maximum absolute atomic E-state index is 9.58. The fourth-order valence-corrected chi connectivity index (χ4v) is 2.47. The second-order valence-corrected chi connectivity index (χ2v) is 6.59. The van der Waals surface area contributed by atoms with E-state index in [1.807, 2.05) is 0 Å². The summed E-state index contributed by atoms with van der Waals surface area (Å²) >= 11 is 0. The molecule has 3 nitrogen and oxygen atoms in total. The monoisotopic (exact) mass is 342 g/mol. The van der Waals surface area contributed by atoms with Gasteiger partial charge in [0.05, 0.1) is 12.7 Å². The van der Waals surface area contributed by atoms with Crippen molar-refractivity contribution in [3.63, 3.8) is 0 Å². The molecule has 2 aromatic rings. The zero-order valence-corrected chi connectivity index (χ0v) is 15.7. The van der Waals surface area contributed by atoms with Gasteiger partial charge in [-0.3, -0.25) is 0 Å². The van der Waals surface area contributed by atoms with Crippen molar-refractivity contribution in [1.29, 1.82) is 0 Å². The van der Waals surface area contributed by atoms with Gasteiger partial charge in [0.1, 0.15) is 12.9 Å². The molecule has 1 unspecified atom stereocenters. The highest BCUT2D eigenvalue weighted by molar-refractivity contribution is 5.50. The Kier molecular flexibility index (Phi) is 9.11. The first-order valence-electron chi connectivity index (χ1n) is 8.76. The largest absolute Gasteiger partial charge is 0.391 e. The molecule has 0 aliphatic heterocycles. The van der Waals surface area contributed by atoms with Crippen LogP contribution in [-0.2, 0) is 21.4 Å². The van der Waals surface area contributed by atoms with Crippen LogP contribution in [0.2, 0.25) is 0 Å². The number of hydrogen-bond donors (Lipinski definition) is 1. The highest BCUT2D eigenvalue weighted by Gasteiger charge is 2.22. The number of aliphatic hydroxyl groups excluding tert-OH is 1. The van der Waals surface area contributed by atoms with E-state index in [4.69, 9.17) is 5.11 Å². The molecule has 3 heteroatoms. The second-order valence-electron chi connectivity index (χ2n) is 6.59. The van der Waals surface area contributed by atoms with Gasteiger partial charge in [-0.15, -0.1) is 0 Å². The molecule has 0 aliphatic rings. The van der Waals surface area contributed by atoms with Gasteiger partial charge in [-0.2, -0.15) is 0 Å². The van der Waals surface area contributed by atoms with E-state index in [1.54, 1.807) is 6.92 Å². The number of aliphatic hydroxyl groups is 1. The van der Waals surface area contributed by atoms with Crippen molar-refractivity contribution in [2.75, 3.05) is 13.2 Å². The lowest BCUT2D eigenvalue weighted by molar-refractivity contribution is -0.112. The first-order valence-corrected chi connectivity index (χ1v) is 8.76. The van der Waals surface area contributed by atoms with Crippen molar-refractivity contribution < 1.29 is 14.6 Å². The van der Waals surface area contributed by atoms with Crippen molar-refractivity contribution in [2.45, 2.75) is 45.6 Å². The predicted octanol–water partition coefficient (Wildman–Crippen LogP) is 4.16. The Bertz CT molecular complexity index is 601. The molecule has 25 heavy (non-hydrogen) atoms. The van der Waals surface area contributed by atoms with E-state index >= 15 is 0 Å². The van der Waals surface area contributed by atoms with Crippen molar-refractivity contribution >= 4 is 6.29 Å². The topological polar surface area (TPSA) is 46.5 Å². The van der Waals surface area contributed by atoms with E-state index in [2.05, 4.69) is 80.1 Å². The van der Waals surface area contributed by atoms with Crippen LogP contribution in [0.4, 0.5) is 0 Å². The third-order valence-corrected chi connectivity index (χ3v) is 4.12. The minimum atomic E-state index is -0.477. The normalized spacial score (nSPS) is 12.0. The summed E-state index contributed by atoms with van der Waals surface area (Å²) in [6.07, 6.45) is 1.28. The maximum atomic E-state index is 9.58. The number of carbonyl (C=O) groups is 1. The number of rotatable bonds is 7. The van der Waals surface area contributed by atoms with Gasteiger partial charge >= 0.3 is 0 Å². The number of aryl methyl sites for hydroxylation is 1. The molecular weight excluding hydrogens is 312 g/mol. The first-order chi connectivity index (χ1) is 11.9. The van der Waals surface area contributed by atoms with Crippen LogP contribution in [0.25, 0.3) is 0 Å².